The van der Waals surface area contributed by atoms with Gasteiger partial charge < -0.3 is 5.32 Å². The Kier molecular flexibility index (Phi) is 9.05. The lowest BCUT2D eigenvalue weighted by molar-refractivity contribution is -0.254. The largest absolute Gasteiger partial charge is 0.429 e. The highest BCUT2D eigenvalue weighted by molar-refractivity contribution is 7.92. The van der Waals surface area contributed by atoms with Crippen molar-refractivity contribution in [1.82, 2.24) is 20.1 Å². The van der Waals surface area contributed by atoms with Crippen LogP contribution in [-0.4, -0.2) is 73.8 Å². The summed E-state index contributed by atoms with van der Waals surface area (Å²) in [5.74, 6) is -3.08. The van der Waals surface area contributed by atoms with Crippen molar-refractivity contribution in [1.29, 1.82) is 0 Å². The van der Waals surface area contributed by atoms with E-state index in [0.29, 0.717) is 19.1 Å². The molecule has 2 fully saturated rings. The van der Waals surface area contributed by atoms with Gasteiger partial charge >= 0.3 is 6.18 Å². The zero-order valence-electron chi connectivity index (χ0n) is 22.5. The second-order valence-electron chi connectivity index (χ2n) is 10.6. The van der Waals surface area contributed by atoms with Crippen LogP contribution in [0.4, 0.5) is 23.2 Å². The van der Waals surface area contributed by atoms with Crippen LogP contribution >= 0.6 is 0 Å². The minimum atomic E-state index is -4.91. The van der Waals surface area contributed by atoms with Crippen LogP contribution in [-0.2, 0) is 20.5 Å². The van der Waals surface area contributed by atoms with Crippen molar-refractivity contribution in [2.45, 2.75) is 62.8 Å². The Labute approximate surface area is 232 Å². The summed E-state index contributed by atoms with van der Waals surface area (Å²) in [5.41, 5.74) is -3.29. The molecule has 0 spiro atoms. The third-order valence-corrected chi connectivity index (χ3v) is 8.45. The third kappa shape index (κ3) is 6.58. The van der Waals surface area contributed by atoms with Gasteiger partial charge in [0.25, 0.3) is 0 Å². The van der Waals surface area contributed by atoms with Crippen LogP contribution in [0.15, 0.2) is 42.7 Å². The summed E-state index contributed by atoms with van der Waals surface area (Å²) >= 11 is 0. The summed E-state index contributed by atoms with van der Waals surface area (Å²) in [6.45, 7) is 2.42. The van der Waals surface area contributed by atoms with Gasteiger partial charge in [0.15, 0.2) is 0 Å². The minimum absolute atomic E-state index is 0.0834. The van der Waals surface area contributed by atoms with E-state index in [1.807, 2.05) is 4.72 Å². The van der Waals surface area contributed by atoms with Gasteiger partial charge in [-0.15, -0.1) is 0 Å². The molecule has 0 radical (unpaired) electrons. The van der Waals surface area contributed by atoms with Crippen molar-refractivity contribution in [2.75, 3.05) is 37.2 Å². The van der Waals surface area contributed by atoms with Crippen LogP contribution in [0.1, 0.15) is 56.1 Å². The number of alkyl halides is 3. The molecule has 13 heteroatoms. The summed E-state index contributed by atoms with van der Waals surface area (Å²) in [6, 6.07) is 6.44. The lowest BCUT2D eigenvalue weighted by atomic mass is 9.92. The van der Waals surface area contributed by atoms with Crippen LogP contribution < -0.4 is 10.0 Å². The average Bonchev–Trinajstić information content (AvgIpc) is 2.92. The number of benzene rings is 1. The average molecular weight is 586 g/mol. The number of halogens is 4. The zero-order chi connectivity index (χ0) is 29.1. The predicted molar refractivity (Wildman–Crippen MR) is 143 cm³/mol. The van der Waals surface area contributed by atoms with Gasteiger partial charge in [-0.25, -0.2) is 12.8 Å². The van der Waals surface area contributed by atoms with Crippen molar-refractivity contribution in [3.8, 4) is 0 Å². The number of aromatic nitrogens is 1. The quantitative estimate of drug-likeness (QED) is 0.452. The van der Waals surface area contributed by atoms with E-state index in [1.165, 1.54) is 42.6 Å². The number of hydrogen-bond donors (Lipinski definition) is 2. The first kappa shape index (κ1) is 30.2. The highest BCUT2D eigenvalue weighted by Crippen LogP contribution is 2.43. The second-order valence-corrected chi connectivity index (χ2v) is 12.3. The van der Waals surface area contributed by atoms with Crippen LogP contribution in [0, 0.1) is 5.82 Å². The molecule has 220 valence electrons. The van der Waals surface area contributed by atoms with E-state index in [-0.39, 0.29) is 29.9 Å². The number of nitrogens with zero attached hydrogens (tertiary/aromatic N) is 3. The lowest BCUT2D eigenvalue weighted by Gasteiger charge is -2.50. The van der Waals surface area contributed by atoms with Crippen molar-refractivity contribution >= 4 is 21.6 Å². The molecule has 1 saturated heterocycles. The molecule has 2 N–H and O–H groups in total. The maximum atomic E-state index is 15.2. The maximum Gasteiger partial charge on any atom is 0.429 e. The molecule has 1 aliphatic heterocycles. The Hall–Kier alpha value is -2.77. The van der Waals surface area contributed by atoms with Crippen molar-refractivity contribution in [3.05, 3.63) is 59.7 Å². The second kappa shape index (κ2) is 12.0. The molecule has 2 aromatic rings. The van der Waals surface area contributed by atoms with Gasteiger partial charge in [-0.3, -0.25) is 24.3 Å². The molecule has 2 atom stereocenters. The van der Waals surface area contributed by atoms with Gasteiger partial charge in [0.1, 0.15) is 5.82 Å². The monoisotopic (exact) mass is 585 g/mol. The number of sulfonamides is 1. The molecule has 8 nitrogen and oxygen atoms in total. The molecule has 40 heavy (non-hydrogen) atoms. The predicted octanol–water partition coefficient (Wildman–Crippen LogP) is 4.18. The number of piperazine rings is 1. The highest BCUT2D eigenvalue weighted by atomic mass is 32.2. The fraction of sp³-hybridized carbons (Fsp3) is 0.556. The highest BCUT2D eigenvalue weighted by Gasteiger charge is 2.61. The number of rotatable bonds is 8. The SMILES string of the molecule is CC(C(=O)NC(c1cccnc1)(N1CCN(C2CCCCC2)CC1)C(F)(F)F)c1ccc(NS(C)(=O)=O)c(F)c1. The van der Waals surface area contributed by atoms with Crippen LogP contribution in [0.3, 0.4) is 0 Å². The van der Waals surface area contributed by atoms with Crippen LogP contribution in [0.5, 0.6) is 0 Å². The lowest BCUT2D eigenvalue weighted by Crippen LogP contribution is -2.70. The van der Waals surface area contributed by atoms with E-state index in [1.54, 1.807) is 0 Å². The van der Waals surface area contributed by atoms with Crippen LogP contribution in [0.25, 0.3) is 0 Å². The summed E-state index contributed by atoms with van der Waals surface area (Å²) < 4.78 is 85.1. The van der Waals surface area contributed by atoms with Crippen molar-refractivity contribution < 1.29 is 30.8 Å². The number of hydrogen-bond acceptors (Lipinski definition) is 6. The Balaban J connectivity index is 1.62. The molecule has 2 unspecified atom stereocenters. The first-order valence-electron chi connectivity index (χ1n) is 13.4. The van der Waals surface area contributed by atoms with Crippen LogP contribution in [0.2, 0.25) is 0 Å². The molecule has 1 aliphatic carbocycles. The van der Waals surface area contributed by atoms with Gasteiger partial charge in [-0.1, -0.05) is 31.4 Å². The van der Waals surface area contributed by atoms with E-state index < -0.39 is 39.5 Å². The van der Waals surface area contributed by atoms with E-state index in [9.17, 15) is 17.6 Å². The first-order chi connectivity index (χ1) is 18.8. The van der Waals surface area contributed by atoms with E-state index >= 15 is 13.2 Å². The Morgan fingerprint density at radius 3 is 2.30 bits per heavy atom. The number of carbonyl (C=O) groups is 1. The maximum absolute atomic E-state index is 15.2. The smallest absolute Gasteiger partial charge is 0.326 e. The molecule has 1 aromatic carbocycles. The molecule has 0 bridgehead atoms. The molecular formula is C27H35F4N5O3S. The number of amides is 1. The fourth-order valence-electron chi connectivity index (χ4n) is 5.71. The summed E-state index contributed by atoms with van der Waals surface area (Å²) in [5, 5.41) is 2.29. The Morgan fingerprint density at radius 1 is 1.07 bits per heavy atom. The number of pyridine rings is 1. The Bertz CT molecular complexity index is 1280. The molecule has 1 amide bonds. The summed E-state index contributed by atoms with van der Waals surface area (Å²) in [7, 11) is -3.75. The van der Waals surface area contributed by atoms with Gasteiger partial charge in [0.05, 0.1) is 17.9 Å². The van der Waals surface area contributed by atoms with E-state index in [0.717, 1.165) is 50.3 Å². The topological polar surface area (TPSA) is 94.6 Å². The first-order valence-corrected chi connectivity index (χ1v) is 15.3. The third-order valence-electron chi connectivity index (χ3n) is 7.86. The summed E-state index contributed by atoms with van der Waals surface area (Å²) in [6.07, 6.45) is 3.92. The molecule has 1 aromatic heterocycles. The fourth-order valence-corrected chi connectivity index (χ4v) is 6.28. The molecule has 2 heterocycles. The van der Waals surface area contributed by atoms with Gasteiger partial charge in [-0.05, 0) is 43.5 Å². The molecule has 4 rings (SSSR count). The minimum Gasteiger partial charge on any atom is -0.326 e. The normalized spacial score (nSPS) is 20.4. The Morgan fingerprint density at radius 2 is 1.75 bits per heavy atom. The van der Waals surface area contributed by atoms with Crippen molar-refractivity contribution in [3.63, 3.8) is 0 Å². The summed E-state index contributed by atoms with van der Waals surface area (Å²) in [4.78, 5) is 20.9. The van der Waals surface area contributed by atoms with Gasteiger partial charge in [0, 0.05) is 50.2 Å². The zero-order valence-corrected chi connectivity index (χ0v) is 23.4. The number of anilines is 1. The van der Waals surface area contributed by atoms with E-state index in [2.05, 4.69) is 15.2 Å². The van der Waals surface area contributed by atoms with Crippen molar-refractivity contribution in [2.24, 2.45) is 0 Å². The standard InChI is InChI=1S/C27H35F4N5O3S/c1-19(20-10-11-24(23(28)17-20)34-40(2,38)39)25(37)33-26(27(29,30)31,21-7-6-12-32-18-21)36-15-13-35(14-16-36)22-8-4-3-5-9-22/h6-7,10-12,17-19,22,34H,3-5,8-9,13-16H2,1-2H3,(H,33,37). The van der Waals surface area contributed by atoms with Gasteiger partial charge in [0.2, 0.25) is 21.6 Å². The van der Waals surface area contributed by atoms with Gasteiger partial charge in [-0.2, -0.15) is 13.2 Å². The number of carbonyl (C=O) groups excluding carboxylic acids is 1. The number of nitrogens with one attached hydrogen (secondary N) is 2. The molecular weight excluding hydrogens is 550 g/mol. The molecule has 1 saturated carbocycles. The molecule has 2 aliphatic rings. The van der Waals surface area contributed by atoms with E-state index in [4.69, 9.17) is 0 Å².